The van der Waals surface area contributed by atoms with Crippen molar-refractivity contribution < 1.29 is 9.53 Å². The van der Waals surface area contributed by atoms with E-state index in [1.54, 1.807) is 0 Å². The number of piperidine rings is 1. The molecule has 1 N–H and O–H groups in total. The van der Waals surface area contributed by atoms with Crippen LogP contribution >= 0.6 is 0 Å². The Morgan fingerprint density at radius 1 is 1.28 bits per heavy atom. The van der Waals surface area contributed by atoms with Crippen LogP contribution in [-0.4, -0.2) is 49.7 Å². The van der Waals surface area contributed by atoms with E-state index in [-0.39, 0.29) is 12.0 Å². The first-order chi connectivity index (χ1) is 8.83. The molecule has 2 unspecified atom stereocenters. The molecule has 0 saturated carbocycles. The Hall–Kier alpha value is -0.610. The second kappa shape index (κ2) is 7.10. The molecule has 4 nitrogen and oxygen atoms in total. The number of carbonyl (C=O) groups excluding carboxylic acids is 1. The molecular weight excluding hydrogens is 228 g/mol. The van der Waals surface area contributed by atoms with Crippen LogP contribution in [0.25, 0.3) is 0 Å². The van der Waals surface area contributed by atoms with E-state index in [4.69, 9.17) is 4.74 Å². The first-order valence-electron chi connectivity index (χ1n) is 7.39. The molecule has 2 fully saturated rings. The van der Waals surface area contributed by atoms with E-state index in [1.165, 1.54) is 6.42 Å². The van der Waals surface area contributed by atoms with Crippen LogP contribution in [-0.2, 0) is 9.53 Å². The summed E-state index contributed by atoms with van der Waals surface area (Å²) >= 11 is 0. The summed E-state index contributed by atoms with van der Waals surface area (Å²) in [5.74, 6) is 0.246. The van der Waals surface area contributed by atoms with Gasteiger partial charge in [-0.05, 0) is 58.5 Å². The zero-order chi connectivity index (χ0) is 12.8. The number of likely N-dealkylation sites (tertiary alicyclic amines) is 1. The number of carbonyl (C=O) groups is 1. The van der Waals surface area contributed by atoms with E-state index in [1.807, 2.05) is 7.05 Å². The van der Waals surface area contributed by atoms with Crippen LogP contribution in [0.4, 0.5) is 0 Å². The van der Waals surface area contributed by atoms with Crippen molar-refractivity contribution in [2.24, 2.45) is 0 Å². The molecule has 1 amide bonds. The fraction of sp³-hybridized carbons (Fsp3) is 0.929. The van der Waals surface area contributed by atoms with Crippen LogP contribution in [0.2, 0.25) is 0 Å². The van der Waals surface area contributed by atoms with Crippen molar-refractivity contribution in [1.82, 2.24) is 10.2 Å². The van der Waals surface area contributed by atoms with Crippen LogP contribution in [0.15, 0.2) is 0 Å². The van der Waals surface area contributed by atoms with Gasteiger partial charge in [0.05, 0.1) is 0 Å². The molecule has 2 rings (SSSR count). The average Bonchev–Trinajstić information content (AvgIpc) is 2.45. The van der Waals surface area contributed by atoms with Gasteiger partial charge in [0.25, 0.3) is 5.91 Å². The van der Waals surface area contributed by atoms with E-state index < -0.39 is 0 Å². The van der Waals surface area contributed by atoms with Gasteiger partial charge in [0.1, 0.15) is 6.10 Å². The zero-order valence-corrected chi connectivity index (χ0v) is 11.5. The molecule has 0 bridgehead atoms. The summed E-state index contributed by atoms with van der Waals surface area (Å²) in [6, 6.07) is 0.421. The van der Waals surface area contributed by atoms with Gasteiger partial charge in [-0.25, -0.2) is 0 Å². The third-order valence-corrected chi connectivity index (χ3v) is 4.09. The Kier molecular flexibility index (Phi) is 5.45. The number of nitrogens with one attached hydrogen (secondary N) is 1. The molecule has 2 saturated heterocycles. The van der Waals surface area contributed by atoms with Gasteiger partial charge in [-0.1, -0.05) is 0 Å². The van der Waals surface area contributed by atoms with Crippen LogP contribution in [0.1, 0.15) is 44.9 Å². The van der Waals surface area contributed by atoms with Gasteiger partial charge in [-0.15, -0.1) is 0 Å². The standard InChI is InChI=1S/C14H26N2O2/c1-15-9-8-12-6-2-4-10-16(12)14(17)13-7-3-5-11-18-13/h12-13,15H,2-11H2,1H3. The minimum atomic E-state index is -0.158. The highest BCUT2D eigenvalue weighted by Crippen LogP contribution is 2.23. The second-order valence-corrected chi connectivity index (χ2v) is 5.43. The van der Waals surface area contributed by atoms with E-state index in [9.17, 15) is 4.79 Å². The van der Waals surface area contributed by atoms with Crippen molar-refractivity contribution in [3.8, 4) is 0 Å². The minimum absolute atomic E-state index is 0.158. The largest absolute Gasteiger partial charge is 0.368 e. The smallest absolute Gasteiger partial charge is 0.251 e. The first kappa shape index (κ1) is 13.8. The van der Waals surface area contributed by atoms with Crippen molar-refractivity contribution in [3.63, 3.8) is 0 Å². The third-order valence-electron chi connectivity index (χ3n) is 4.09. The second-order valence-electron chi connectivity index (χ2n) is 5.43. The van der Waals surface area contributed by atoms with Crippen molar-refractivity contribution >= 4 is 5.91 Å². The van der Waals surface area contributed by atoms with Crippen molar-refractivity contribution in [2.75, 3.05) is 26.7 Å². The van der Waals surface area contributed by atoms with E-state index >= 15 is 0 Å². The molecule has 0 radical (unpaired) electrons. The Balaban J connectivity index is 1.91. The number of amides is 1. The first-order valence-corrected chi connectivity index (χ1v) is 7.39. The molecule has 2 heterocycles. The van der Waals surface area contributed by atoms with E-state index in [0.717, 1.165) is 58.2 Å². The normalized spacial score (nSPS) is 29.3. The van der Waals surface area contributed by atoms with Crippen LogP contribution in [0, 0.1) is 0 Å². The predicted molar refractivity (Wildman–Crippen MR) is 71.5 cm³/mol. The lowest BCUT2D eigenvalue weighted by atomic mass is 9.97. The van der Waals surface area contributed by atoms with Gasteiger partial charge in [0.15, 0.2) is 0 Å². The molecule has 2 atom stereocenters. The number of rotatable bonds is 4. The lowest BCUT2D eigenvalue weighted by Crippen LogP contribution is -2.50. The minimum Gasteiger partial charge on any atom is -0.368 e. The van der Waals surface area contributed by atoms with Gasteiger partial charge < -0.3 is 15.0 Å². The fourth-order valence-electron chi connectivity index (χ4n) is 3.02. The highest BCUT2D eigenvalue weighted by atomic mass is 16.5. The molecule has 0 aromatic rings. The quantitative estimate of drug-likeness (QED) is 0.827. The van der Waals surface area contributed by atoms with Gasteiger partial charge in [-0.3, -0.25) is 4.79 Å². The molecule has 18 heavy (non-hydrogen) atoms. The van der Waals surface area contributed by atoms with Crippen LogP contribution < -0.4 is 5.32 Å². The Labute approximate surface area is 110 Å². The van der Waals surface area contributed by atoms with Gasteiger partial charge in [0.2, 0.25) is 0 Å². The third kappa shape index (κ3) is 3.45. The summed E-state index contributed by atoms with van der Waals surface area (Å²) in [5, 5.41) is 3.18. The van der Waals surface area contributed by atoms with Gasteiger partial charge in [0, 0.05) is 19.2 Å². The number of hydrogen-bond donors (Lipinski definition) is 1. The Bertz CT molecular complexity index is 265. The highest BCUT2D eigenvalue weighted by Gasteiger charge is 2.32. The molecule has 4 heteroatoms. The SMILES string of the molecule is CNCCC1CCCCN1C(=O)C1CCCCO1. The summed E-state index contributed by atoms with van der Waals surface area (Å²) in [7, 11) is 1.97. The summed E-state index contributed by atoms with van der Waals surface area (Å²) in [4.78, 5) is 14.6. The maximum absolute atomic E-state index is 12.5. The molecular formula is C14H26N2O2. The molecule has 0 aromatic carbocycles. The van der Waals surface area contributed by atoms with Crippen LogP contribution in [0.5, 0.6) is 0 Å². The summed E-state index contributed by atoms with van der Waals surface area (Å²) in [6.45, 7) is 2.67. The summed E-state index contributed by atoms with van der Waals surface area (Å²) in [5.41, 5.74) is 0. The number of hydrogen-bond acceptors (Lipinski definition) is 3. The van der Waals surface area contributed by atoms with Crippen molar-refractivity contribution in [2.45, 2.75) is 57.1 Å². The molecule has 0 aliphatic carbocycles. The van der Waals surface area contributed by atoms with Crippen LogP contribution in [0.3, 0.4) is 0 Å². The maximum atomic E-state index is 12.5. The molecule has 0 aromatic heterocycles. The monoisotopic (exact) mass is 254 g/mol. The lowest BCUT2D eigenvalue weighted by Gasteiger charge is -2.38. The van der Waals surface area contributed by atoms with Crippen molar-refractivity contribution in [1.29, 1.82) is 0 Å². The molecule has 104 valence electrons. The lowest BCUT2D eigenvalue weighted by molar-refractivity contribution is -0.150. The summed E-state index contributed by atoms with van der Waals surface area (Å²) < 4.78 is 5.64. The van der Waals surface area contributed by atoms with Gasteiger partial charge >= 0.3 is 0 Å². The maximum Gasteiger partial charge on any atom is 0.251 e. The van der Waals surface area contributed by atoms with Crippen molar-refractivity contribution in [3.05, 3.63) is 0 Å². The predicted octanol–water partition coefficient (Wildman–Crippen LogP) is 1.55. The number of ether oxygens (including phenoxy) is 1. The summed E-state index contributed by atoms with van der Waals surface area (Å²) in [6.07, 6.45) is 7.61. The average molecular weight is 254 g/mol. The molecule has 2 aliphatic rings. The zero-order valence-electron chi connectivity index (χ0n) is 11.5. The fourth-order valence-corrected chi connectivity index (χ4v) is 3.02. The highest BCUT2D eigenvalue weighted by molar-refractivity contribution is 5.81. The van der Waals surface area contributed by atoms with Gasteiger partial charge in [-0.2, -0.15) is 0 Å². The number of nitrogens with zero attached hydrogens (tertiary/aromatic N) is 1. The Morgan fingerprint density at radius 2 is 2.11 bits per heavy atom. The Morgan fingerprint density at radius 3 is 2.83 bits per heavy atom. The molecule has 0 spiro atoms. The van der Waals surface area contributed by atoms with E-state index in [0.29, 0.717) is 6.04 Å². The van der Waals surface area contributed by atoms with E-state index in [2.05, 4.69) is 10.2 Å². The molecule has 2 aliphatic heterocycles. The topological polar surface area (TPSA) is 41.6 Å².